The number of hydrogen-bond acceptors (Lipinski definition) is 4. The molecule has 5 nitrogen and oxygen atoms in total. The fraction of sp³-hybridized carbons (Fsp3) is 0.286. The van der Waals surface area contributed by atoms with E-state index in [1.165, 1.54) is 0 Å². The van der Waals surface area contributed by atoms with Crippen molar-refractivity contribution < 1.29 is 4.79 Å². The summed E-state index contributed by atoms with van der Waals surface area (Å²) in [4.78, 5) is 13.1. The van der Waals surface area contributed by atoms with Gasteiger partial charge in [-0.05, 0) is 19.1 Å². The quantitative estimate of drug-likeness (QED) is 0.829. The normalized spacial score (nSPS) is 9.95. The van der Waals surface area contributed by atoms with Gasteiger partial charge in [0, 0.05) is 22.9 Å². The molecule has 0 unspecified atom stereocenters. The van der Waals surface area contributed by atoms with E-state index in [1.807, 2.05) is 18.4 Å². The Hall–Kier alpha value is -2.10. The van der Waals surface area contributed by atoms with Gasteiger partial charge in [0.1, 0.15) is 5.69 Å². The average Bonchev–Trinajstić information content (AvgIpc) is 3.00. The van der Waals surface area contributed by atoms with E-state index in [4.69, 9.17) is 5.73 Å². The average molecular weight is 288 g/mol. The maximum atomic E-state index is 12.0. The van der Waals surface area contributed by atoms with Crippen molar-refractivity contribution in [2.75, 3.05) is 6.54 Å². The molecule has 0 aliphatic carbocycles. The first-order valence-electron chi connectivity index (χ1n) is 6.15. The van der Waals surface area contributed by atoms with Crippen molar-refractivity contribution in [3.05, 3.63) is 39.3 Å². The molecule has 0 spiro atoms. The summed E-state index contributed by atoms with van der Waals surface area (Å²) in [6.45, 7) is 2.69. The fourth-order valence-corrected chi connectivity index (χ4v) is 2.53. The minimum atomic E-state index is -0.129. The van der Waals surface area contributed by atoms with E-state index in [2.05, 4.69) is 22.3 Å². The van der Waals surface area contributed by atoms with Gasteiger partial charge in [-0.25, -0.2) is 0 Å². The van der Waals surface area contributed by atoms with Crippen LogP contribution in [-0.4, -0.2) is 22.2 Å². The molecule has 0 saturated heterocycles. The number of rotatable bonds is 3. The lowest BCUT2D eigenvalue weighted by Crippen LogP contribution is -2.24. The Balaban J connectivity index is 1.96. The molecule has 20 heavy (non-hydrogen) atoms. The third-order valence-electron chi connectivity index (χ3n) is 2.65. The number of carbonyl (C=O) groups excluding carboxylic acids is 1. The van der Waals surface area contributed by atoms with Gasteiger partial charge in [-0.1, -0.05) is 11.8 Å². The molecule has 1 amide bonds. The number of nitrogens with one attached hydrogen (secondary N) is 1. The van der Waals surface area contributed by atoms with Crippen LogP contribution in [0.4, 0.5) is 0 Å². The van der Waals surface area contributed by atoms with Crippen LogP contribution in [-0.2, 0) is 13.6 Å². The maximum Gasteiger partial charge on any atom is 0.269 e. The molecule has 0 fully saturated rings. The Labute approximate surface area is 121 Å². The summed E-state index contributed by atoms with van der Waals surface area (Å²) in [5, 5.41) is 8.99. The molecule has 2 rings (SSSR count). The molecule has 0 aliphatic rings. The number of thiophene rings is 1. The largest absolute Gasteiger partial charge is 0.346 e. The summed E-state index contributed by atoms with van der Waals surface area (Å²) in [7, 11) is 1.76. The van der Waals surface area contributed by atoms with Crippen LogP contribution in [0.3, 0.4) is 0 Å². The minimum absolute atomic E-state index is 0.129. The second-order valence-electron chi connectivity index (χ2n) is 4.28. The number of aromatic nitrogens is 2. The number of hydrogen-bond donors (Lipinski definition) is 2. The highest BCUT2D eigenvalue weighted by Crippen LogP contribution is 2.13. The van der Waals surface area contributed by atoms with E-state index in [1.54, 1.807) is 29.1 Å². The molecular weight excluding hydrogens is 272 g/mol. The predicted molar refractivity (Wildman–Crippen MR) is 79.4 cm³/mol. The molecule has 104 valence electrons. The molecule has 0 aromatic carbocycles. The van der Waals surface area contributed by atoms with Crippen molar-refractivity contribution in [2.45, 2.75) is 13.5 Å². The third kappa shape index (κ3) is 3.47. The topological polar surface area (TPSA) is 72.9 Å². The number of nitrogens with zero attached hydrogens (tertiary/aromatic N) is 2. The molecule has 6 heteroatoms. The second kappa shape index (κ2) is 6.37. The van der Waals surface area contributed by atoms with E-state index >= 15 is 0 Å². The molecule has 0 atom stereocenters. The first kappa shape index (κ1) is 14.3. The van der Waals surface area contributed by atoms with E-state index in [0.717, 1.165) is 16.1 Å². The third-order valence-corrected chi connectivity index (χ3v) is 3.58. The number of nitrogens with two attached hydrogens (primary N) is 1. The Morgan fingerprint density at radius 3 is 3.00 bits per heavy atom. The zero-order valence-corrected chi connectivity index (χ0v) is 12.3. The van der Waals surface area contributed by atoms with Gasteiger partial charge in [0.2, 0.25) is 0 Å². The highest BCUT2D eigenvalue weighted by atomic mass is 32.1. The fourth-order valence-electron chi connectivity index (χ4n) is 1.77. The van der Waals surface area contributed by atoms with Crippen LogP contribution in [0.15, 0.2) is 17.5 Å². The second-order valence-corrected chi connectivity index (χ2v) is 5.28. The molecule has 2 aromatic rings. The Morgan fingerprint density at radius 2 is 2.35 bits per heavy atom. The number of carbonyl (C=O) groups is 1. The summed E-state index contributed by atoms with van der Waals surface area (Å²) >= 11 is 1.57. The highest BCUT2D eigenvalue weighted by molar-refractivity contribution is 7.10. The van der Waals surface area contributed by atoms with Crippen LogP contribution in [0.2, 0.25) is 0 Å². The lowest BCUT2D eigenvalue weighted by atomic mass is 10.3. The molecule has 0 bridgehead atoms. The van der Waals surface area contributed by atoms with Gasteiger partial charge in [0.25, 0.3) is 5.91 Å². The van der Waals surface area contributed by atoms with Crippen molar-refractivity contribution in [3.8, 4) is 11.8 Å². The van der Waals surface area contributed by atoms with Gasteiger partial charge in [0.15, 0.2) is 0 Å². The van der Waals surface area contributed by atoms with E-state index < -0.39 is 0 Å². The van der Waals surface area contributed by atoms with Crippen molar-refractivity contribution in [1.82, 2.24) is 15.1 Å². The number of aryl methyl sites for hydroxylation is 2. The first-order valence-corrected chi connectivity index (χ1v) is 7.03. The van der Waals surface area contributed by atoms with Crippen LogP contribution >= 0.6 is 11.3 Å². The monoisotopic (exact) mass is 288 g/mol. The summed E-state index contributed by atoms with van der Waals surface area (Å²) in [6.07, 6.45) is 0. The Kier molecular flexibility index (Phi) is 4.56. The lowest BCUT2D eigenvalue weighted by Gasteiger charge is -2.03. The number of amides is 1. The van der Waals surface area contributed by atoms with Gasteiger partial charge in [-0.3, -0.25) is 9.48 Å². The summed E-state index contributed by atoms with van der Waals surface area (Å²) < 4.78 is 1.58. The molecule has 0 saturated carbocycles. The molecule has 3 N–H and O–H groups in total. The van der Waals surface area contributed by atoms with Crippen LogP contribution in [0.25, 0.3) is 0 Å². The van der Waals surface area contributed by atoms with E-state index in [0.29, 0.717) is 18.8 Å². The molecular formula is C14H16N4OS. The lowest BCUT2D eigenvalue weighted by molar-refractivity contribution is 0.0942. The van der Waals surface area contributed by atoms with E-state index in [9.17, 15) is 4.79 Å². The van der Waals surface area contributed by atoms with Crippen molar-refractivity contribution >= 4 is 17.2 Å². The summed E-state index contributed by atoms with van der Waals surface area (Å²) in [5.74, 6) is 5.64. The van der Waals surface area contributed by atoms with Gasteiger partial charge < -0.3 is 11.1 Å². The van der Waals surface area contributed by atoms with Crippen molar-refractivity contribution in [2.24, 2.45) is 12.8 Å². The van der Waals surface area contributed by atoms with Crippen molar-refractivity contribution in [3.63, 3.8) is 0 Å². The maximum absolute atomic E-state index is 12.0. The van der Waals surface area contributed by atoms with Crippen molar-refractivity contribution in [1.29, 1.82) is 0 Å². The smallest absolute Gasteiger partial charge is 0.269 e. The summed E-state index contributed by atoms with van der Waals surface area (Å²) in [5.41, 5.74) is 7.64. The van der Waals surface area contributed by atoms with Gasteiger partial charge in [0.05, 0.1) is 18.8 Å². The van der Waals surface area contributed by atoms with Gasteiger partial charge in [-0.2, -0.15) is 5.10 Å². The van der Waals surface area contributed by atoms with Crippen LogP contribution in [0.1, 0.15) is 26.6 Å². The standard InChI is InChI=1S/C14H16N4OS/c1-10-6-13(18(2)17-10)14(19)16-8-12-7-11(9-20-12)4-3-5-15/h6-7,9H,5,8,15H2,1-2H3,(H,16,19). The zero-order valence-electron chi connectivity index (χ0n) is 11.4. The minimum Gasteiger partial charge on any atom is -0.346 e. The van der Waals surface area contributed by atoms with Crippen LogP contribution < -0.4 is 11.1 Å². The molecule has 0 radical (unpaired) electrons. The van der Waals surface area contributed by atoms with Crippen LogP contribution in [0.5, 0.6) is 0 Å². The molecule has 2 heterocycles. The Morgan fingerprint density at radius 1 is 1.55 bits per heavy atom. The molecule has 0 aliphatic heterocycles. The predicted octanol–water partition coefficient (Wildman–Crippen LogP) is 1.03. The Bertz CT molecular complexity index is 675. The zero-order chi connectivity index (χ0) is 14.5. The van der Waals surface area contributed by atoms with E-state index in [-0.39, 0.29) is 5.91 Å². The molecule has 2 aromatic heterocycles. The first-order chi connectivity index (χ1) is 9.60. The SMILES string of the molecule is Cc1cc(C(=O)NCc2cc(C#CCN)cs2)n(C)n1. The van der Waals surface area contributed by atoms with Gasteiger partial charge >= 0.3 is 0 Å². The highest BCUT2D eigenvalue weighted by Gasteiger charge is 2.11. The van der Waals surface area contributed by atoms with Gasteiger partial charge in [-0.15, -0.1) is 11.3 Å². The summed E-state index contributed by atoms with van der Waals surface area (Å²) in [6, 6.07) is 3.73. The van der Waals surface area contributed by atoms with Crippen LogP contribution in [0, 0.1) is 18.8 Å².